The maximum absolute atomic E-state index is 12.3. The summed E-state index contributed by atoms with van der Waals surface area (Å²) >= 11 is 1.28. The molecule has 0 bridgehead atoms. The molecule has 0 saturated carbocycles. The molecule has 0 saturated heterocycles. The SMILES string of the molecule is Cc1ccc(OCC(=O)Nc2nc(-c3ccc([N+](=O)[O-])cc3)cs2)c(C(C)(C)C)c1. The highest BCUT2D eigenvalue weighted by Gasteiger charge is 2.20. The number of nitrogens with one attached hydrogen (secondary N) is 1. The minimum absolute atomic E-state index is 0.0189. The van der Waals surface area contributed by atoms with Gasteiger partial charge in [-0.25, -0.2) is 4.98 Å². The molecule has 2 aromatic carbocycles. The van der Waals surface area contributed by atoms with Crippen LogP contribution in [0.4, 0.5) is 10.8 Å². The van der Waals surface area contributed by atoms with E-state index in [2.05, 4.69) is 37.1 Å². The number of benzene rings is 2. The second kappa shape index (κ2) is 8.62. The molecule has 0 atom stereocenters. The number of anilines is 1. The van der Waals surface area contributed by atoms with Gasteiger partial charge in [0.05, 0.1) is 10.6 Å². The molecule has 0 spiro atoms. The predicted molar refractivity (Wildman–Crippen MR) is 118 cm³/mol. The minimum Gasteiger partial charge on any atom is -0.483 e. The smallest absolute Gasteiger partial charge is 0.269 e. The molecule has 7 nitrogen and oxygen atoms in total. The molecular formula is C22H23N3O4S. The summed E-state index contributed by atoms with van der Waals surface area (Å²) in [6, 6.07) is 12.0. The summed E-state index contributed by atoms with van der Waals surface area (Å²) in [5.41, 5.74) is 3.48. The quantitative estimate of drug-likeness (QED) is 0.425. The Hall–Kier alpha value is -3.26. The van der Waals surface area contributed by atoms with Crippen LogP contribution < -0.4 is 10.1 Å². The summed E-state index contributed by atoms with van der Waals surface area (Å²) in [6.45, 7) is 8.20. The van der Waals surface area contributed by atoms with Gasteiger partial charge in [0.15, 0.2) is 11.7 Å². The molecule has 0 radical (unpaired) electrons. The van der Waals surface area contributed by atoms with Crippen molar-refractivity contribution < 1.29 is 14.5 Å². The number of ether oxygens (including phenoxy) is 1. The molecule has 1 amide bonds. The number of amides is 1. The number of aromatic nitrogens is 1. The normalized spacial score (nSPS) is 11.2. The third-order valence-electron chi connectivity index (χ3n) is 4.43. The van der Waals surface area contributed by atoms with Crippen molar-refractivity contribution in [2.24, 2.45) is 0 Å². The standard InChI is InChI=1S/C22H23N3O4S/c1-14-5-10-19(17(11-14)22(2,3)4)29-12-20(26)24-21-23-18(13-30-21)15-6-8-16(9-7-15)25(27)28/h5-11,13H,12H2,1-4H3,(H,23,24,26). The highest BCUT2D eigenvalue weighted by atomic mass is 32.1. The summed E-state index contributed by atoms with van der Waals surface area (Å²) < 4.78 is 5.78. The van der Waals surface area contributed by atoms with Gasteiger partial charge in [0, 0.05) is 23.1 Å². The molecule has 3 aromatic rings. The molecule has 156 valence electrons. The van der Waals surface area contributed by atoms with E-state index >= 15 is 0 Å². The fourth-order valence-electron chi connectivity index (χ4n) is 2.87. The molecule has 0 aliphatic rings. The fourth-order valence-corrected chi connectivity index (χ4v) is 3.61. The van der Waals surface area contributed by atoms with Gasteiger partial charge in [0.25, 0.3) is 11.6 Å². The zero-order valence-electron chi connectivity index (χ0n) is 17.3. The number of non-ortho nitro benzene ring substituents is 1. The lowest BCUT2D eigenvalue weighted by atomic mass is 9.85. The van der Waals surface area contributed by atoms with Gasteiger partial charge in [-0.05, 0) is 36.1 Å². The highest BCUT2D eigenvalue weighted by Crippen LogP contribution is 2.32. The number of rotatable bonds is 6. The number of nitro benzene ring substituents is 1. The average Bonchev–Trinajstić information content (AvgIpc) is 3.14. The van der Waals surface area contributed by atoms with Crippen LogP contribution in [0.5, 0.6) is 5.75 Å². The summed E-state index contributed by atoms with van der Waals surface area (Å²) in [4.78, 5) is 27.0. The summed E-state index contributed by atoms with van der Waals surface area (Å²) in [5.74, 6) is 0.383. The molecule has 1 aromatic heterocycles. The Morgan fingerprint density at radius 2 is 1.90 bits per heavy atom. The van der Waals surface area contributed by atoms with Crippen molar-refractivity contribution in [3.05, 3.63) is 69.1 Å². The Morgan fingerprint density at radius 1 is 1.20 bits per heavy atom. The van der Waals surface area contributed by atoms with Gasteiger partial charge >= 0.3 is 0 Å². The van der Waals surface area contributed by atoms with E-state index in [9.17, 15) is 14.9 Å². The first-order chi connectivity index (χ1) is 14.1. The molecular weight excluding hydrogens is 402 g/mol. The van der Waals surface area contributed by atoms with Crippen molar-refractivity contribution in [2.75, 3.05) is 11.9 Å². The largest absolute Gasteiger partial charge is 0.483 e. The summed E-state index contributed by atoms with van der Waals surface area (Å²) in [7, 11) is 0. The van der Waals surface area contributed by atoms with Gasteiger partial charge in [-0.15, -0.1) is 11.3 Å². The van der Waals surface area contributed by atoms with Crippen LogP contribution in [0.15, 0.2) is 47.8 Å². The maximum Gasteiger partial charge on any atom is 0.269 e. The zero-order valence-corrected chi connectivity index (χ0v) is 18.1. The van der Waals surface area contributed by atoms with Crippen LogP contribution in [-0.4, -0.2) is 22.4 Å². The van der Waals surface area contributed by atoms with Gasteiger partial charge in [-0.1, -0.05) is 38.5 Å². The molecule has 1 N–H and O–H groups in total. The van der Waals surface area contributed by atoms with Crippen molar-refractivity contribution in [3.8, 4) is 17.0 Å². The van der Waals surface area contributed by atoms with E-state index in [0.717, 1.165) is 16.7 Å². The van der Waals surface area contributed by atoms with Crippen molar-refractivity contribution in [1.29, 1.82) is 0 Å². The van der Waals surface area contributed by atoms with Crippen LogP contribution >= 0.6 is 11.3 Å². The van der Waals surface area contributed by atoms with Crippen LogP contribution in [0.1, 0.15) is 31.9 Å². The van der Waals surface area contributed by atoms with Crippen molar-refractivity contribution in [3.63, 3.8) is 0 Å². The van der Waals surface area contributed by atoms with Gasteiger partial charge < -0.3 is 4.74 Å². The topological polar surface area (TPSA) is 94.4 Å². The molecule has 0 fully saturated rings. The Kier molecular flexibility index (Phi) is 6.17. The van der Waals surface area contributed by atoms with E-state index in [-0.39, 0.29) is 23.6 Å². The lowest BCUT2D eigenvalue weighted by Crippen LogP contribution is -2.22. The minimum atomic E-state index is -0.449. The molecule has 0 aliphatic heterocycles. The van der Waals surface area contributed by atoms with Crippen molar-refractivity contribution >= 4 is 28.1 Å². The van der Waals surface area contributed by atoms with Crippen LogP contribution in [0.2, 0.25) is 0 Å². The molecule has 8 heteroatoms. The highest BCUT2D eigenvalue weighted by molar-refractivity contribution is 7.14. The lowest BCUT2D eigenvalue weighted by Gasteiger charge is -2.23. The third kappa shape index (κ3) is 5.21. The number of nitro groups is 1. The number of nitrogens with zero attached hydrogens (tertiary/aromatic N) is 2. The maximum atomic E-state index is 12.3. The van der Waals surface area contributed by atoms with E-state index < -0.39 is 4.92 Å². The van der Waals surface area contributed by atoms with E-state index in [1.807, 2.05) is 19.1 Å². The lowest BCUT2D eigenvalue weighted by molar-refractivity contribution is -0.384. The molecule has 0 aliphatic carbocycles. The molecule has 30 heavy (non-hydrogen) atoms. The third-order valence-corrected chi connectivity index (χ3v) is 5.18. The first kappa shape index (κ1) is 21.4. The van der Waals surface area contributed by atoms with Gasteiger partial charge in [-0.2, -0.15) is 0 Å². The number of hydrogen-bond donors (Lipinski definition) is 1. The second-order valence-corrected chi connectivity index (χ2v) is 8.79. The van der Waals surface area contributed by atoms with E-state index in [1.165, 1.54) is 23.5 Å². The first-order valence-electron chi connectivity index (χ1n) is 9.37. The monoisotopic (exact) mass is 425 g/mol. The zero-order chi connectivity index (χ0) is 21.9. The van der Waals surface area contributed by atoms with Gasteiger partial charge in [-0.3, -0.25) is 20.2 Å². The van der Waals surface area contributed by atoms with E-state index in [0.29, 0.717) is 16.6 Å². The summed E-state index contributed by atoms with van der Waals surface area (Å²) in [6.07, 6.45) is 0. The van der Waals surface area contributed by atoms with Gasteiger partial charge in [0.1, 0.15) is 5.75 Å². The van der Waals surface area contributed by atoms with Crippen molar-refractivity contribution in [1.82, 2.24) is 4.98 Å². The van der Waals surface area contributed by atoms with E-state index in [4.69, 9.17) is 4.74 Å². The summed E-state index contributed by atoms with van der Waals surface area (Å²) in [5, 5.41) is 15.7. The fraction of sp³-hybridized carbons (Fsp3) is 0.273. The van der Waals surface area contributed by atoms with Crippen LogP contribution in [0.25, 0.3) is 11.3 Å². The number of carbonyl (C=O) groups excluding carboxylic acids is 1. The van der Waals surface area contributed by atoms with Crippen LogP contribution in [0.3, 0.4) is 0 Å². The van der Waals surface area contributed by atoms with Crippen molar-refractivity contribution in [2.45, 2.75) is 33.1 Å². The molecule has 0 unspecified atom stereocenters. The Balaban J connectivity index is 1.63. The average molecular weight is 426 g/mol. The molecule has 1 heterocycles. The van der Waals surface area contributed by atoms with Gasteiger partial charge in [0.2, 0.25) is 0 Å². The number of aryl methyl sites for hydroxylation is 1. The Labute approximate surface area is 178 Å². The predicted octanol–water partition coefficient (Wildman–Crippen LogP) is 5.34. The first-order valence-corrected chi connectivity index (χ1v) is 10.3. The second-order valence-electron chi connectivity index (χ2n) is 7.93. The molecule has 3 rings (SSSR count). The van der Waals surface area contributed by atoms with Crippen LogP contribution in [-0.2, 0) is 10.2 Å². The Bertz CT molecular complexity index is 1070. The number of hydrogen-bond acceptors (Lipinski definition) is 6. The van der Waals surface area contributed by atoms with Crippen LogP contribution in [0, 0.1) is 17.0 Å². The Morgan fingerprint density at radius 3 is 2.53 bits per heavy atom. The van der Waals surface area contributed by atoms with E-state index in [1.54, 1.807) is 17.5 Å². The number of thiazole rings is 1. The number of carbonyl (C=O) groups is 1.